The van der Waals surface area contributed by atoms with Crippen LogP contribution >= 0.6 is 23.1 Å². The number of thioether (sulfide) groups is 1. The van der Waals surface area contributed by atoms with E-state index >= 15 is 0 Å². The number of aliphatic imine (C=N–C) groups is 1. The second-order valence-electron chi connectivity index (χ2n) is 5.81. The molecular formula is C19H25N3OS2. The molecule has 1 atom stereocenters. The van der Waals surface area contributed by atoms with E-state index in [4.69, 9.17) is 5.73 Å². The maximum atomic E-state index is 12.3. The summed E-state index contributed by atoms with van der Waals surface area (Å²) in [5.74, 6) is 0.875. The molecule has 6 heteroatoms. The van der Waals surface area contributed by atoms with E-state index in [9.17, 15) is 4.79 Å². The zero-order valence-corrected chi connectivity index (χ0v) is 16.8. The van der Waals surface area contributed by atoms with Gasteiger partial charge < -0.3 is 11.1 Å². The Morgan fingerprint density at radius 1 is 1.20 bits per heavy atom. The lowest BCUT2D eigenvalue weighted by atomic mass is 9.98. The van der Waals surface area contributed by atoms with Crippen molar-refractivity contribution in [2.45, 2.75) is 39.7 Å². The summed E-state index contributed by atoms with van der Waals surface area (Å²) in [5.41, 5.74) is 7.38. The van der Waals surface area contributed by atoms with Crippen molar-refractivity contribution in [3.05, 3.63) is 52.4 Å². The van der Waals surface area contributed by atoms with Crippen molar-refractivity contribution in [3.63, 3.8) is 0 Å². The first-order valence-electron chi connectivity index (χ1n) is 8.43. The topological polar surface area (TPSA) is 67.5 Å². The highest BCUT2D eigenvalue weighted by Gasteiger charge is 2.31. The van der Waals surface area contributed by atoms with Crippen LogP contribution < -0.4 is 11.1 Å². The Bertz CT molecular complexity index is 752. The smallest absolute Gasteiger partial charge is 0.256 e. The van der Waals surface area contributed by atoms with Crippen LogP contribution in [-0.2, 0) is 5.54 Å². The van der Waals surface area contributed by atoms with Crippen molar-refractivity contribution in [1.82, 2.24) is 0 Å². The van der Waals surface area contributed by atoms with Crippen molar-refractivity contribution in [3.8, 4) is 0 Å². The van der Waals surface area contributed by atoms with E-state index in [1.807, 2.05) is 57.2 Å². The third-order valence-corrected chi connectivity index (χ3v) is 5.93. The third kappa shape index (κ3) is 4.86. The van der Waals surface area contributed by atoms with E-state index in [0.717, 1.165) is 27.6 Å². The van der Waals surface area contributed by atoms with E-state index in [1.165, 1.54) is 0 Å². The van der Waals surface area contributed by atoms with E-state index in [-0.39, 0.29) is 11.4 Å². The van der Waals surface area contributed by atoms with Gasteiger partial charge >= 0.3 is 0 Å². The largest absolute Gasteiger partial charge is 0.379 e. The Morgan fingerprint density at radius 2 is 1.88 bits per heavy atom. The molecule has 2 aromatic rings. The predicted octanol–water partition coefficient (Wildman–Crippen LogP) is 5.00. The van der Waals surface area contributed by atoms with Crippen LogP contribution in [0.5, 0.6) is 0 Å². The Labute approximate surface area is 157 Å². The molecule has 0 spiro atoms. The lowest BCUT2D eigenvalue weighted by Gasteiger charge is -2.28. The summed E-state index contributed by atoms with van der Waals surface area (Å²) in [5, 5.41) is 4.43. The van der Waals surface area contributed by atoms with Gasteiger partial charge in [-0.3, -0.25) is 9.79 Å². The van der Waals surface area contributed by atoms with Crippen molar-refractivity contribution >= 4 is 39.2 Å². The zero-order valence-electron chi connectivity index (χ0n) is 15.1. The SMILES string of the molecule is CC.Cc1ccc(C(=O)Nc2ccc(C3(C)CCSC(N)=N3)s2)cc1. The van der Waals surface area contributed by atoms with E-state index in [2.05, 4.69) is 17.2 Å². The molecule has 3 N–H and O–H groups in total. The lowest BCUT2D eigenvalue weighted by Crippen LogP contribution is -2.27. The number of hydrogen-bond acceptors (Lipinski definition) is 5. The van der Waals surface area contributed by atoms with Crippen molar-refractivity contribution in [2.24, 2.45) is 10.7 Å². The lowest BCUT2D eigenvalue weighted by molar-refractivity contribution is 0.102. The summed E-state index contributed by atoms with van der Waals surface area (Å²) in [6, 6.07) is 11.5. The van der Waals surface area contributed by atoms with Crippen LogP contribution in [0.3, 0.4) is 0 Å². The van der Waals surface area contributed by atoms with Gasteiger partial charge in [-0.1, -0.05) is 43.3 Å². The number of amides is 1. The number of thiophene rings is 1. The summed E-state index contributed by atoms with van der Waals surface area (Å²) >= 11 is 3.16. The zero-order chi connectivity index (χ0) is 18.4. The molecule has 25 heavy (non-hydrogen) atoms. The van der Waals surface area contributed by atoms with E-state index < -0.39 is 0 Å². The van der Waals surface area contributed by atoms with Gasteiger partial charge in [0, 0.05) is 16.2 Å². The maximum Gasteiger partial charge on any atom is 0.256 e. The molecule has 1 amide bonds. The third-order valence-electron chi connectivity index (χ3n) is 3.88. The number of amidine groups is 1. The van der Waals surface area contributed by atoms with Crippen LogP contribution in [0, 0.1) is 6.92 Å². The van der Waals surface area contributed by atoms with Gasteiger partial charge in [0.25, 0.3) is 5.91 Å². The van der Waals surface area contributed by atoms with Crippen molar-refractivity contribution in [1.29, 1.82) is 0 Å². The van der Waals surface area contributed by atoms with Crippen LogP contribution in [0.25, 0.3) is 0 Å². The minimum absolute atomic E-state index is 0.0919. The highest BCUT2D eigenvalue weighted by molar-refractivity contribution is 8.13. The molecule has 1 aliphatic rings. The number of aryl methyl sites for hydroxylation is 1. The first kappa shape index (κ1) is 19.5. The standard InChI is InChI=1S/C17H19N3OS2.C2H6/c1-11-3-5-12(6-4-11)15(21)19-14-8-7-13(23-14)17(2)9-10-22-16(18)20-17;1-2/h3-8H,9-10H2,1-2H3,(H2,18,20)(H,19,21);1-2H3. The summed E-state index contributed by atoms with van der Waals surface area (Å²) < 4.78 is 0. The normalized spacial score (nSPS) is 19.4. The average Bonchev–Trinajstić information content (AvgIpc) is 3.06. The molecule has 4 nitrogen and oxygen atoms in total. The quantitative estimate of drug-likeness (QED) is 0.793. The molecule has 1 aromatic heterocycles. The number of carbonyl (C=O) groups excluding carboxylic acids is 1. The monoisotopic (exact) mass is 375 g/mol. The molecule has 3 rings (SSSR count). The van der Waals surface area contributed by atoms with E-state index in [0.29, 0.717) is 10.7 Å². The average molecular weight is 376 g/mol. The number of anilines is 1. The molecule has 0 fully saturated rings. The minimum Gasteiger partial charge on any atom is -0.379 e. The highest BCUT2D eigenvalue weighted by Crippen LogP contribution is 2.40. The molecule has 0 saturated carbocycles. The molecule has 0 radical (unpaired) electrons. The van der Waals surface area contributed by atoms with Gasteiger partial charge in [0.1, 0.15) is 0 Å². The summed E-state index contributed by atoms with van der Waals surface area (Å²) in [4.78, 5) is 18.0. The first-order chi connectivity index (χ1) is 12.0. The fourth-order valence-electron chi connectivity index (χ4n) is 2.45. The predicted molar refractivity (Wildman–Crippen MR) is 111 cm³/mol. The van der Waals surface area contributed by atoms with Gasteiger partial charge in [-0.25, -0.2) is 0 Å². The number of nitrogens with two attached hydrogens (primary N) is 1. The molecule has 0 aliphatic carbocycles. The number of benzene rings is 1. The van der Waals surface area contributed by atoms with Crippen LogP contribution in [0.1, 0.15) is 48.0 Å². The van der Waals surface area contributed by atoms with Gasteiger partial charge in [0.2, 0.25) is 0 Å². The molecule has 0 bridgehead atoms. The number of nitrogens with zero attached hydrogens (tertiary/aromatic N) is 1. The Hall–Kier alpha value is -1.79. The van der Waals surface area contributed by atoms with Gasteiger partial charge in [0.05, 0.1) is 10.5 Å². The molecule has 1 aromatic carbocycles. The highest BCUT2D eigenvalue weighted by atomic mass is 32.2. The molecule has 1 aliphatic heterocycles. The summed E-state index contributed by atoms with van der Waals surface area (Å²) in [6.45, 7) is 8.10. The Kier molecular flexibility index (Phi) is 6.67. The molecule has 2 heterocycles. The van der Waals surface area contributed by atoms with Crippen LogP contribution in [0.15, 0.2) is 41.4 Å². The van der Waals surface area contributed by atoms with Gasteiger partial charge in [-0.05, 0) is 44.5 Å². The first-order valence-corrected chi connectivity index (χ1v) is 10.2. The summed E-state index contributed by atoms with van der Waals surface area (Å²) in [7, 11) is 0. The molecule has 1 unspecified atom stereocenters. The fraction of sp³-hybridized carbons (Fsp3) is 0.368. The van der Waals surface area contributed by atoms with Crippen LogP contribution in [-0.4, -0.2) is 16.8 Å². The van der Waals surface area contributed by atoms with E-state index in [1.54, 1.807) is 23.1 Å². The maximum absolute atomic E-state index is 12.3. The Balaban J connectivity index is 0.00000109. The molecular weight excluding hydrogens is 350 g/mol. The van der Waals surface area contributed by atoms with Crippen LogP contribution in [0.2, 0.25) is 0 Å². The number of nitrogens with one attached hydrogen (secondary N) is 1. The minimum atomic E-state index is -0.285. The van der Waals surface area contributed by atoms with Gasteiger partial charge in [0.15, 0.2) is 5.17 Å². The van der Waals surface area contributed by atoms with Crippen molar-refractivity contribution in [2.75, 3.05) is 11.1 Å². The fourth-order valence-corrected chi connectivity index (χ4v) is 4.44. The van der Waals surface area contributed by atoms with Crippen LogP contribution in [0.4, 0.5) is 5.00 Å². The second-order valence-corrected chi connectivity index (χ2v) is 8.01. The number of rotatable bonds is 3. The number of carbonyl (C=O) groups is 1. The van der Waals surface area contributed by atoms with Gasteiger partial charge in [-0.2, -0.15) is 0 Å². The Morgan fingerprint density at radius 3 is 2.52 bits per heavy atom. The van der Waals surface area contributed by atoms with Crippen molar-refractivity contribution < 1.29 is 4.79 Å². The van der Waals surface area contributed by atoms with Gasteiger partial charge in [-0.15, -0.1) is 11.3 Å². The molecule has 0 saturated heterocycles. The summed E-state index contributed by atoms with van der Waals surface area (Å²) in [6.07, 6.45) is 0.949. The molecule has 134 valence electrons. The second kappa shape index (κ2) is 8.54. The number of hydrogen-bond donors (Lipinski definition) is 2.